The van der Waals surface area contributed by atoms with Crippen LogP contribution in [-0.2, 0) is 6.54 Å². The van der Waals surface area contributed by atoms with Gasteiger partial charge in [-0.25, -0.2) is 9.37 Å². The van der Waals surface area contributed by atoms with Gasteiger partial charge in [0, 0.05) is 29.0 Å². The Morgan fingerprint density at radius 2 is 1.86 bits per heavy atom. The van der Waals surface area contributed by atoms with Gasteiger partial charge in [-0.05, 0) is 48.9 Å². The zero-order valence-corrected chi connectivity index (χ0v) is 16.3. The number of rotatable bonds is 4. The lowest BCUT2D eigenvalue weighted by atomic mass is 10.0. The van der Waals surface area contributed by atoms with Crippen LogP contribution in [0.4, 0.5) is 4.39 Å². The average Bonchev–Trinajstić information content (AvgIpc) is 2.71. The van der Waals surface area contributed by atoms with E-state index < -0.39 is 5.78 Å². The minimum atomic E-state index is -0.409. The molecule has 0 aliphatic rings. The second kappa shape index (κ2) is 7.60. The molecule has 0 bridgehead atoms. The van der Waals surface area contributed by atoms with Crippen LogP contribution in [0.3, 0.4) is 0 Å². The van der Waals surface area contributed by atoms with Gasteiger partial charge in [0.2, 0.25) is 5.43 Å². The SMILES string of the molecule is Cc1ccc2c(=O)c(C(=O)c3cccc(Cl)c3)cn(Cc3ccc(F)cc3)c2n1. The lowest BCUT2D eigenvalue weighted by Crippen LogP contribution is -2.21. The number of ketones is 1. The summed E-state index contributed by atoms with van der Waals surface area (Å²) in [6.45, 7) is 2.17. The van der Waals surface area contributed by atoms with Crippen LogP contribution in [0.5, 0.6) is 0 Å². The van der Waals surface area contributed by atoms with Gasteiger partial charge in [0.25, 0.3) is 0 Å². The molecule has 2 heterocycles. The van der Waals surface area contributed by atoms with Crippen molar-refractivity contribution < 1.29 is 9.18 Å². The van der Waals surface area contributed by atoms with Crippen molar-refractivity contribution in [3.8, 4) is 0 Å². The fourth-order valence-corrected chi connectivity index (χ4v) is 3.40. The fourth-order valence-electron chi connectivity index (χ4n) is 3.21. The minimum Gasteiger partial charge on any atom is -0.327 e. The Kier molecular flexibility index (Phi) is 4.99. The van der Waals surface area contributed by atoms with Crippen LogP contribution < -0.4 is 5.43 Å². The molecule has 4 nitrogen and oxygen atoms in total. The molecule has 29 heavy (non-hydrogen) atoms. The topological polar surface area (TPSA) is 52.0 Å². The minimum absolute atomic E-state index is 0.0348. The summed E-state index contributed by atoms with van der Waals surface area (Å²) >= 11 is 6.00. The molecule has 0 unspecified atom stereocenters. The molecule has 144 valence electrons. The number of aromatic nitrogens is 2. The highest BCUT2D eigenvalue weighted by atomic mass is 35.5. The van der Waals surface area contributed by atoms with E-state index >= 15 is 0 Å². The first-order chi connectivity index (χ1) is 13.9. The van der Waals surface area contributed by atoms with Gasteiger partial charge in [-0.2, -0.15) is 0 Å². The normalized spacial score (nSPS) is 11.0. The second-order valence-corrected chi connectivity index (χ2v) is 7.23. The van der Waals surface area contributed by atoms with Crippen molar-refractivity contribution in [2.75, 3.05) is 0 Å². The summed E-state index contributed by atoms with van der Waals surface area (Å²) < 4.78 is 15.0. The molecule has 0 saturated heterocycles. The van der Waals surface area contributed by atoms with Crippen molar-refractivity contribution in [3.05, 3.63) is 110 Å². The maximum atomic E-state index is 13.3. The Morgan fingerprint density at radius 1 is 1.10 bits per heavy atom. The summed E-state index contributed by atoms with van der Waals surface area (Å²) in [6.07, 6.45) is 1.52. The summed E-state index contributed by atoms with van der Waals surface area (Å²) in [5.74, 6) is -0.739. The lowest BCUT2D eigenvalue weighted by molar-refractivity contribution is 0.103. The third-order valence-electron chi connectivity index (χ3n) is 4.66. The number of hydrogen-bond donors (Lipinski definition) is 0. The Morgan fingerprint density at radius 3 is 2.59 bits per heavy atom. The molecule has 6 heteroatoms. The summed E-state index contributed by atoms with van der Waals surface area (Å²) in [5, 5.41) is 0.770. The number of carbonyl (C=O) groups is 1. The molecule has 0 saturated carbocycles. The molecule has 2 aromatic heterocycles. The Bertz CT molecular complexity index is 1300. The number of pyridine rings is 2. The molecule has 0 aliphatic carbocycles. The van der Waals surface area contributed by atoms with Gasteiger partial charge in [0.15, 0.2) is 5.78 Å². The van der Waals surface area contributed by atoms with E-state index in [1.807, 2.05) is 6.92 Å². The number of fused-ring (bicyclic) bond motifs is 1. The predicted octanol–water partition coefficient (Wildman–Crippen LogP) is 4.78. The molecule has 4 rings (SSSR count). The van der Waals surface area contributed by atoms with Gasteiger partial charge < -0.3 is 4.57 Å². The van der Waals surface area contributed by atoms with Gasteiger partial charge >= 0.3 is 0 Å². The highest BCUT2D eigenvalue weighted by molar-refractivity contribution is 6.31. The Hall–Kier alpha value is -3.31. The van der Waals surface area contributed by atoms with Crippen molar-refractivity contribution in [1.29, 1.82) is 0 Å². The molecular formula is C23H16ClFN2O2. The molecule has 0 spiro atoms. The fraction of sp³-hybridized carbons (Fsp3) is 0.0870. The number of halogens is 2. The van der Waals surface area contributed by atoms with Crippen LogP contribution in [0, 0.1) is 12.7 Å². The smallest absolute Gasteiger partial charge is 0.202 e. The maximum Gasteiger partial charge on any atom is 0.202 e. The third-order valence-corrected chi connectivity index (χ3v) is 4.89. The molecule has 0 radical (unpaired) electrons. The predicted molar refractivity (Wildman–Crippen MR) is 111 cm³/mol. The number of hydrogen-bond acceptors (Lipinski definition) is 3. The average molecular weight is 407 g/mol. The Balaban J connectivity index is 1.90. The molecule has 0 fully saturated rings. The first kappa shape index (κ1) is 19.0. The molecule has 0 amide bonds. The van der Waals surface area contributed by atoms with Crippen LogP contribution in [0.15, 0.2) is 71.7 Å². The van der Waals surface area contributed by atoms with E-state index in [1.165, 1.54) is 24.4 Å². The molecule has 4 aromatic rings. The van der Waals surface area contributed by atoms with Crippen molar-refractivity contribution in [1.82, 2.24) is 9.55 Å². The van der Waals surface area contributed by atoms with Crippen molar-refractivity contribution in [2.24, 2.45) is 0 Å². The van der Waals surface area contributed by atoms with Gasteiger partial charge in [-0.15, -0.1) is 0 Å². The summed E-state index contributed by atoms with van der Waals surface area (Å²) in [6, 6.07) is 16.0. The van der Waals surface area contributed by atoms with Gasteiger partial charge in [0.1, 0.15) is 11.5 Å². The summed E-state index contributed by atoms with van der Waals surface area (Å²) in [7, 11) is 0. The number of benzene rings is 2. The van der Waals surface area contributed by atoms with Crippen molar-refractivity contribution in [3.63, 3.8) is 0 Å². The highest BCUT2D eigenvalue weighted by Gasteiger charge is 2.18. The third kappa shape index (κ3) is 3.82. The molecule has 2 aromatic carbocycles. The lowest BCUT2D eigenvalue weighted by Gasteiger charge is -2.13. The van der Waals surface area contributed by atoms with E-state index in [-0.39, 0.29) is 16.8 Å². The monoisotopic (exact) mass is 406 g/mol. The quantitative estimate of drug-likeness (QED) is 0.458. The van der Waals surface area contributed by atoms with Crippen LogP contribution in [0.2, 0.25) is 5.02 Å². The number of nitrogens with zero attached hydrogens (tertiary/aromatic N) is 2. The summed E-state index contributed by atoms with van der Waals surface area (Å²) in [5.41, 5.74) is 2.03. The van der Waals surface area contributed by atoms with E-state index in [0.29, 0.717) is 28.2 Å². The van der Waals surface area contributed by atoms with Gasteiger partial charge in [-0.1, -0.05) is 35.9 Å². The standard InChI is InChI=1S/C23H16ClFN2O2/c1-14-5-10-19-22(29)20(21(28)16-3-2-4-17(24)11-16)13-27(23(19)26-14)12-15-6-8-18(25)9-7-15/h2-11,13H,12H2,1H3. The van der Waals surface area contributed by atoms with Gasteiger partial charge in [-0.3, -0.25) is 9.59 Å². The zero-order chi connectivity index (χ0) is 20.5. The van der Waals surface area contributed by atoms with E-state index in [9.17, 15) is 14.0 Å². The molecule has 0 aliphatic heterocycles. The highest BCUT2D eigenvalue weighted by Crippen LogP contribution is 2.18. The maximum absolute atomic E-state index is 13.3. The first-order valence-electron chi connectivity index (χ1n) is 8.98. The van der Waals surface area contributed by atoms with Crippen LogP contribution in [0.1, 0.15) is 27.2 Å². The van der Waals surface area contributed by atoms with Gasteiger partial charge in [0.05, 0.1) is 10.9 Å². The van der Waals surface area contributed by atoms with Crippen molar-refractivity contribution in [2.45, 2.75) is 13.5 Å². The number of aryl methyl sites for hydroxylation is 1. The number of carbonyl (C=O) groups excluding carboxylic acids is 1. The Labute approximate surface area is 171 Å². The van der Waals surface area contributed by atoms with E-state index in [2.05, 4.69) is 4.98 Å². The van der Waals surface area contributed by atoms with Crippen molar-refractivity contribution >= 4 is 28.4 Å². The van der Waals surface area contributed by atoms with E-state index in [4.69, 9.17) is 11.6 Å². The van der Waals surface area contributed by atoms with Crippen LogP contribution in [0.25, 0.3) is 11.0 Å². The molecule has 0 N–H and O–H groups in total. The van der Waals surface area contributed by atoms with E-state index in [1.54, 1.807) is 47.0 Å². The molecule has 0 atom stereocenters. The molecular weight excluding hydrogens is 391 g/mol. The van der Waals surface area contributed by atoms with Crippen LogP contribution in [-0.4, -0.2) is 15.3 Å². The first-order valence-corrected chi connectivity index (χ1v) is 9.36. The van der Waals surface area contributed by atoms with E-state index in [0.717, 1.165) is 11.3 Å². The summed E-state index contributed by atoms with van der Waals surface area (Å²) in [4.78, 5) is 30.6. The largest absolute Gasteiger partial charge is 0.327 e. The zero-order valence-electron chi connectivity index (χ0n) is 15.5. The second-order valence-electron chi connectivity index (χ2n) is 6.79. The van der Waals surface area contributed by atoms with Crippen LogP contribution >= 0.6 is 11.6 Å².